The Hall–Kier alpha value is -1.11. The van der Waals surface area contributed by atoms with Gasteiger partial charge in [-0.1, -0.05) is 13.3 Å². The summed E-state index contributed by atoms with van der Waals surface area (Å²) in [4.78, 5) is 6.80. The van der Waals surface area contributed by atoms with Crippen LogP contribution in [0.15, 0.2) is 0 Å². The second-order valence-electron chi connectivity index (χ2n) is 3.67. The molecule has 6 nitrogen and oxygen atoms in total. The zero-order valence-corrected chi connectivity index (χ0v) is 9.60. The first-order chi connectivity index (χ1) is 7.63. The van der Waals surface area contributed by atoms with E-state index in [1.807, 2.05) is 6.92 Å². The van der Waals surface area contributed by atoms with Crippen LogP contribution in [0.1, 0.15) is 37.3 Å². The second kappa shape index (κ2) is 5.83. The second-order valence-corrected chi connectivity index (χ2v) is 3.67. The molecule has 0 saturated heterocycles. The van der Waals surface area contributed by atoms with E-state index in [-0.39, 0.29) is 18.7 Å². The molecule has 0 aliphatic rings. The van der Waals surface area contributed by atoms with Crippen molar-refractivity contribution in [2.45, 2.75) is 38.5 Å². The van der Waals surface area contributed by atoms with Crippen molar-refractivity contribution in [3.63, 3.8) is 0 Å². The third kappa shape index (κ3) is 2.72. The molecule has 1 heterocycles. The number of nitrogens with two attached hydrogens (primary N) is 1. The van der Waals surface area contributed by atoms with Crippen LogP contribution in [0.4, 0.5) is 0 Å². The number of aromatic nitrogens is 2. The molecule has 92 valence electrons. The van der Waals surface area contributed by atoms with E-state index in [1.165, 1.54) is 7.11 Å². The average molecular weight is 229 g/mol. The highest BCUT2D eigenvalue weighted by atomic mass is 16.5. The van der Waals surface area contributed by atoms with Crippen molar-refractivity contribution in [1.29, 1.82) is 0 Å². The summed E-state index contributed by atoms with van der Waals surface area (Å²) >= 11 is 0. The van der Waals surface area contributed by atoms with E-state index < -0.39 is 6.10 Å². The molecule has 2 unspecified atom stereocenters. The molecule has 6 heteroatoms. The Kier molecular flexibility index (Phi) is 4.72. The number of hydrogen-bond acceptors (Lipinski definition) is 5. The van der Waals surface area contributed by atoms with Gasteiger partial charge in [0.05, 0.1) is 25.1 Å². The Labute approximate surface area is 94.5 Å². The van der Waals surface area contributed by atoms with E-state index in [9.17, 15) is 5.11 Å². The van der Waals surface area contributed by atoms with Gasteiger partial charge >= 0.3 is 0 Å². The Morgan fingerprint density at radius 2 is 2.25 bits per heavy atom. The van der Waals surface area contributed by atoms with Crippen molar-refractivity contribution in [1.82, 2.24) is 9.97 Å². The van der Waals surface area contributed by atoms with Crippen LogP contribution in [0, 0.1) is 0 Å². The summed E-state index contributed by atoms with van der Waals surface area (Å²) in [6.45, 7) is 1.76. The van der Waals surface area contributed by atoms with Crippen LogP contribution in [0.2, 0.25) is 0 Å². The molecule has 0 aromatic carbocycles. The molecular formula is C10H19N3O3. The normalized spacial score (nSPS) is 14.8. The number of nitrogens with one attached hydrogen (secondary N) is 1. The number of rotatable bonds is 6. The lowest BCUT2D eigenvalue weighted by atomic mass is 10.0. The monoisotopic (exact) mass is 229 g/mol. The van der Waals surface area contributed by atoms with Gasteiger partial charge in [0.25, 0.3) is 6.01 Å². The van der Waals surface area contributed by atoms with Gasteiger partial charge in [-0.2, -0.15) is 4.98 Å². The first-order valence-corrected chi connectivity index (χ1v) is 5.31. The smallest absolute Gasteiger partial charge is 0.293 e. The van der Waals surface area contributed by atoms with Crippen molar-refractivity contribution in [2.24, 2.45) is 5.73 Å². The molecule has 0 aliphatic heterocycles. The van der Waals surface area contributed by atoms with Gasteiger partial charge in [0.2, 0.25) is 0 Å². The predicted molar refractivity (Wildman–Crippen MR) is 58.9 cm³/mol. The maximum absolute atomic E-state index is 9.97. The van der Waals surface area contributed by atoms with Gasteiger partial charge < -0.3 is 25.7 Å². The highest BCUT2D eigenvalue weighted by molar-refractivity contribution is 5.20. The number of nitrogens with zero attached hydrogens (tertiary/aromatic N) is 1. The van der Waals surface area contributed by atoms with Crippen molar-refractivity contribution < 1.29 is 14.9 Å². The number of hydrogen-bond donors (Lipinski definition) is 4. The zero-order chi connectivity index (χ0) is 12.1. The number of methoxy groups -OCH3 is 1. The van der Waals surface area contributed by atoms with Crippen LogP contribution in [0.25, 0.3) is 0 Å². The van der Waals surface area contributed by atoms with Crippen LogP contribution in [-0.4, -0.2) is 33.3 Å². The number of aliphatic hydroxyl groups excluding tert-OH is 2. The summed E-state index contributed by atoms with van der Waals surface area (Å²) in [5.41, 5.74) is 6.61. The van der Waals surface area contributed by atoms with Gasteiger partial charge in [-0.15, -0.1) is 0 Å². The van der Waals surface area contributed by atoms with Gasteiger partial charge in [0, 0.05) is 6.04 Å². The molecule has 0 aliphatic carbocycles. The third-order valence-electron chi connectivity index (χ3n) is 2.45. The highest BCUT2D eigenvalue weighted by Crippen LogP contribution is 2.22. The lowest BCUT2D eigenvalue weighted by molar-refractivity contribution is 0.134. The average Bonchev–Trinajstić information content (AvgIpc) is 2.71. The number of aliphatic hydroxyl groups is 2. The van der Waals surface area contributed by atoms with Gasteiger partial charge in [-0.05, 0) is 6.42 Å². The van der Waals surface area contributed by atoms with Crippen molar-refractivity contribution >= 4 is 0 Å². The fourth-order valence-electron chi connectivity index (χ4n) is 1.55. The van der Waals surface area contributed by atoms with E-state index in [4.69, 9.17) is 15.6 Å². The zero-order valence-electron chi connectivity index (χ0n) is 9.60. The molecule has 0 fully saturated rings. The Bertz CT molecular complexity index is 327. The molecule has 0 amide bonds. The maximum Gasteiger partial charge on any atom is 0.293 e. The van der Waals surface area contributed by atoms with Crippen LogP contribution in [0.3, 0.4) is 0 Å². The van der Waals surface area contributed by atoms with Gasteiger partial charge in [0.1, 0.15) is 6.10 Å². The summed E-state index contributed by atoms with van der Waals surface area (Å²) < 4.78 is 4.90. The molecule has 2 atom stereocenters. The first kappa shape index (κ1) is 13.0. The standard InChI is InChI=1S/C10H19N3O3/c1-3-4-6(11)9(15)8-7(5-14)12-10(13-8)16-2/h6,9,14-15H,3-5,11H2,1-2H3,(H,12,13). The minimum absolute atomic E-state index is 0.235. The minimum Gasteiger partial charge on any atom is -0.468 e. The number of imidazole rings is 1. The highest BCUT2D eigenvalue weighted by Gasteiger charge is 2.23. The fourth-order valence-corrected chi connectivity index (χ4v) is 1.55. The van der Waals surface area contributed by atoms with Crippen molar-refractivity contribution in [2.75, 3.05) is 7.11 Å². The molecule has 16 heavy (non-hydrogen) atoms. The topological polar surface area (TPSA) is 104 Å². The third-order valence-corrected chi connectivity index (χ3v) is 2.45. The van der Waals surface area contributed by atoms with Crippen LogP contribution >= 0.6 is 0 Å². The van der Waals surface area contributed by atoms with E-state index in [0.29, 0.717) is 17.8 Å². The molecule has 0 bridgehead atoms. The molecule has 0 radical (unpaired) electrons. The summed E-state index contributed by atoms with van der Waals surface area (Å²) in [5, 5.41) is 19.1. The SMILES string of the molecule is CCCC(N)C(O)c1nc(OC)[nH]c1CO. The lowest BCUT2D eigenvalue weighted by Crippen LogP contribution is -2.29. The summed E-state index contributed by atoms with van der Waals surface area (Å²) in [7, 11) is 1.46. The molecular weight excluding hydrogens is 210 g/mol. The van der Waals surface area contributed by atoms with E-state index in [1.54, 1.807) is 0 Å². The summed E-state index contributed by atoms with van der Waals surface area (Å²) in [6, 6.07) is -0.120. The minimum atomic E-state index is -0.887. The van der Waals surface area contributed by atoms with Crippen LogP contribution in [0.5, 0.6) is 6.01 Å². The van der Waals surface area contributed by atoms with Gasteiger partial charge in [0.15, 0.2) is 0 Å². The van der Waals surface area contributed by atoms with Crippen LogP contribution in [-0.2, 0) is 6.61 Å². The van der Waals surface area contributed by atoms with E-state index >= 15 is 0 Å². The quantitative estimate of drug-likeness (QED) is 0.552. The maximum atomic E-state index is 9.97. The van der Waals surface area contributed by atoms with Crippen molar-refractivity contribution in [3.05, 3.63) is 11.4 Å². The number of H-pyrrole nitrogens is 1. The Morgan fingerprint density at radius 1 is 1.56 bits per heavy atom. The van der Waals surface area contributed by atoms with Gasteiger partial charge in [-0.3, -0.25) is 0 Å². The largest absolute Gasteiger partial charge is 0.468 e. The molecule has 1 aromatic rings. The molecule has 1 aromatic heterocycles. The molecule has 0 spiro atoms. The van der Waals surface area contributed by atoms with E-state index in [0.717, 1.165) is 6.42 Å². The Morgan fingerprint density at radius 3 is 2.75 bits per heavy atom. The lowest BCUT2D eigenvalue weighted by Gasteiger charge is -2.16. The predicted octanol–water partition coefficient (Wildman–Crippen LogP) is 0.0714. The van der Waals surface area contributed by atoms with E-state index in [2.05, 4.69) is 9.97 Å². The van der Waals surface area contributed by atoms with Gasteiger partial charge in [-0.25, -0.2) is 0 Å². The first-order valence-electron chi connectivity index (χ1n) is 5.31. The molecule has 5 N–H and O–H groups in total. The van der Waals surface area contributed by atoms with Crippen LogP contribution < -0.4 is 10.5 Å². The number of ether oxygens (including phenoxy) is 1. The van der Waals surface area contributed by atoms with Crippen molar-refractivity contribution in [3.8, 4) is 6.01 Å². The summed E-state index contributed by atoms with van der Waals surface area (Å²) in [5.74, 6) is 0. The fraction of sp³-hybridized carbons (Fsp3) is 0.700. The number of aromatic amines is 1. The molecule has 1 rings (SSSR count). The molecule has 0 saturated carbocycles. The Balaban J connectivity index is 2.88. The summed E-state index contributed by atoms with van der Waals surface area (Å²) in [6.07, 6.45) is 0.692.